The standard InChI is InChI=1S/C14H13N3O2S/c1-10-15-5-4-12(17-10)8-16-14(19)11-7-13(20-9-11)3-2-6-18/h4-5,7,9,18H,6,8H2,1H3,(H,16,19). The highest BCUT2D eigenvalue weighted by molar-refractivity contribution is 7.10. The Balaban J connectivity index is 1.96. The second-order valence-electron chi connectivity index (χ2n) is 3.94. The van der Waals surface area contributed by atoms with Gasteiger partial charge in [0.25, 0.3) is 5.91 Å². The predicted octanol–water partition coefficient (Wildman–Crippen LogP) is 1.12. The van der Waals surface area contributed by atoms with E-state index in [0.717, 1.165) is 10.6 Å². The van der Waals surface area contributed by atoms with Gasteiger partial charge in [0.2, 0.25) is 0 Å². The van der Waals surface area contributed by atoms with Crippen LogP contribution in [0.3, 0.4) is 0 Å². The number of aryl methyl sites for hydroxylation is 1. The Hall–Kier alpha value is -2.23. The Morgan fingerprint density at radius 1 is 1.55 bits per heavy atom. The molecule has 20 heavy (non-hydrogen) atoms. The number of hydrogen-bond acceptors (Lipinski definition) is 5. The molecule has 0 aliphatic heterocycles. The summed E-state index contributed by atoms with van der Waals surface area (Å²) in [5.41, 5.74) is 1.32. The third kappa shape index (κ3) is 3.88. The first-order valence-corrected chi connectivity index (χ1v) is 6.82. The Labute approximate surface area is 120 Å². The van der Waals surface area contributed by atoms with E-state index in [4.69, 9.17) is 5.11 Å². The molecule has 0 fully saturated rings. The molecule has 0 spiro atoms. The average molecular weight is 287 g/mol. The van der Waals surface area contributed by atoms with Crippen LogP contribution in [0.2, 0.25) is 0 Å². The van der Waals surface area contributed by atoms with Gasteiger partial charge in [0.05, 0.1) is 22.7 Å². The molecule has 2 aromatic heterocycles. The van der Waals surface area contributed by atoms with Gasteiger partial charge in [-0.3, -0.25) is 4.79 Å². The first-order valence-electron chi connectivity index (χ1n) is 5.94. The van der Waals surface area contributed by atoms with Crippen molar-refractivity contribution in [2.24, 2.45) is 0 Å². The molecule has 2 aromatic rings. The number of carbonyl (C=O) groups excluding carboxylic acids is 1. The third-order valence-electron chi connectivity index (χ3n) is 2.42. The fourth-order valence-corrected chi connectivity index (χ4v) is 2.28. The molecule has 0 radical (unpaired) electrons. The lowest BCUT2D eigenvalue weighted by atomic mass is 10.3. The van der Waals surface area contributed by atoms with Gasteiger partial charge in [0.1, 0.15) is 12.4 Å². The lowest BCUT2D eigenvalue weighted by Gasteiger charge is -2.03. The maximum Gasteiger partial charge on any atom is 0.252 e. The van der Waals surface area contributed by atoms with Gasteiger partial charge in [-0.15, -0.1) is 11.3 Å². The van der Waals surface area contributed by atoms with Crippen molar-refractivity contribution in [2.75, 3.05) is 6.61 Å². The second-order valence-corrected chi connectivity index (χ2v) is 4.85. The summed E-state index contributed by atoms with van der Waals surface area (Å²) >= 11 is 1.37. The zero-order valence-corrected chi connectivity index (χ0v) is 11.7. The van der Waals surface area contributed by atoms with Crippen molar-refractivity contribution in [3.63, 3.8) is 0 Å². The number of carbonyl (C=O) groups is 1. The summed E-state index contributed by atoms with van der Waals surface area (Å²) in [6, 6.07) is 3.47. The van der Waals surface area contributed by atoms with E-state index in [2.05, 4.69) is 27.1 Å². The van der Waals surface area contributed by atoms with Crippen LogP contribution in [-0.4, -0.2) is 27.6 Å². The van der Waals surface area contributed by atoms with E-state index in [0.29, 0.717) is 17.9 Å². The normalized spacial score (nSPS) is 9.70. The average Bonchev–Trinajstić information content (AvgIpc) is 2.91. The number of nitrogens with one attached hydrogen (secondary N) is 1. The lowest BCUT2D eigenvalue weighted by Crippen LogP contribution is -2.22. The van der Waals surface area contributed by atoms with Crippen molar-refractivity contribution in [2.45, 2.75) is 13.5 Å². The molecule has 0 aliphatic rings. The molecule has 2 rings (SSSR count). The summed E-state index contributed by atoms with van der Waals surface area (Å²) in [4.78, 5) is 20.9. The van der Waals surface area contributed by atoms with Gasteiger partial charge < -0.3 is 10.4 Å². The summed E-state index contributed by atoms with van der Waals surface area (Å²) in [6.07, 6.45) is 1.66. The number of nitrogens with zero attached hydrogens (tertiary/aromatic N) is 2. The van der Waals surface area contributed by atoms with E-state index in [-0.39, 0.29) is 12.5 Å². The summed E-state index contributed by atoms with van der Waals surface area (Å²) in [5.74, 6) is 5.82. The molecule has 102 valence electrons. The van der Waals surface area contributed by atoms with Gasteiger partial charge in [0, 0.05) is 11.6 Å². The van der Waals surface area contributed by atoms with Crippen molar-refractivity contribution in [1.29, 1.82) is 0 Å². The van der Waals surface area contributed by atoms with E-state index in [1.807, 2.05) is 0 Å². The zero-order chi connectivity index (χ0) is 14.4. The van der Waals surface area contributed by atoms with Gasteiger partial charge in [0.15, 0.2) is 0 Å². The quantitative estimate of drug-likeness (QED) is 0.830. The summed E-state index contributed by atoms with van der Waals surface area (Å²) in [5, 5.41) is 13.1. The summed E-state index contributed by atoms with van der Waals surface area (Å²) in [7, 11) is 0. The number of amides is 1. The maximum atomic E-state index is 11.9. The molecule has 2 N–H and O–H groups in total. The monoisotopic (exact) mass is 287 g/mol. The number of rotatable bonds is 3. The minimum Gasteiger partial charge on any atom is -0.384 e. The Bertz CT molecular complexity index is 670. The molecular formula is C14H13N3O2S. The van der Waals surface area contributed by atoms with Gasteiger partial charge in [-0.1, -0.05) is 11.8 Å². The topological polar surface area (TPSA) is 75.1 Å². The van der Waals surface area contributed by atoms with Crippen molar-refractivity contribution in [1.82, 2.24) is 15.3 Å². The second kappa shape index (κ2) is 6.80. The Kier molecular flexibility index (Phi) is 4.82. The van der Waals surface area contributed by atoms with Gasteiger partial charge in [-0.25, -0.2) is 9.97 Å². The molecule has 0 saturated carbocycles. The first-order chi connectivity index (χ1) is 9.69. The van der Waals surface area contributed by atoms with E-state index < -0.39 is 0 Å². The number of aliphatic hydroxyl groups is 1. The van der Waals surface area contributed by atoms with Gasteiger partial charge in [-0.2, -0.15) is 0 Å². The van der Waals surface area contributed by atoms with E-state index in [9.17, 15) is 4.79 Å². The van der Waals surface area contributed by atoms with Crippen LogP contribution in [0.1, 0.15) is 26.8 Å². The third-order valence-corrected chi connectivity index (χ3v) is 3.26. The van der Waals surface area contributed by atoms with E-state index in [1.165, 1.54) is 11.3 Å². The predicted molar refractivity (Wildman–Crippen MR) is 76.2 cm³/mol. The van der Waals surface area contributed by atoms with Crippen molar-refractivity contribution < 1.29 is 9.90 Å². The van der Waals surface area contributed by atoms with Crippen molar-refractivity contribution >= 4 is 17.2 Å². The van der Waals surface area contributed by atoms with Crippen molar-refractivity contribution in [3.05, 3.63) is 45.7 Å². The van der Waals surface area contributed by atoms with Crippen LogP contribution in [0.5, 0.6) is 0 Å². The molecule has 0 aliphatic carbocycles. The Morgan fingerprint density at radius 2 is 2.40 bits per heavy atom. The molecular weight excluding hydrogens is 274 g/mol. The Morgan fingerprint density at radius 3 is 3.15 bits per heavy atom. The molecule has 2 heterocycles. The number of thiophene rings is 1. The minimum atomic E-state index is -0.188. The van der Waals surface area contributed by atoms with E-state index in [1.54, 1.807) is 30.6 Å². The van der Waals surface area contributed by atoms with Crippen LogP contribution in [0, 0.1) is 18.8 Å². The molecule has 0 saturated heterocycles. The highest BCUT2D eigenvalue weighted by atomic mass is 32.1. The first kappa shape index (κ1) is 14.2. The number of aromatic nitrogens is 2. The summed E-state index contributed by atoms with van der Waals surface area (Å²) < 4.78 is 0. The van der Waals surface area contributed by atoms with E-state index >= 15 is 0 Å². The van der Waals surface area contributed by atoms with Crippen LogP contribution in [0.4, 0.5) is 0 Å². The maximum absolute atomic E-state index is 11.9. The van der Waals surface area contributed by atoms with Crippen molar-refractivity contribution in [3.8, 4) is 11.8 Å². The SMILES string of the molecule is Cc1nccc(CNC(=O)c2csc(C#CCO)c2)n1. The fourth-order valence-electron chi connectivity index (χ4n) is 1.52. The lowest BCUT2D eigenvalue weighted by molar-refractivity contribution is 0.0951. The highest BCUT2D eigenvalue weighted by Crippen LogP contribution is 2.13. The molecule has 5 nitrogen and oxygen atoms in total. The van der Waals surface area contributed by atoms with Crippen LogP contribution >= 0.6 is 11.3 Å². The fraction of sp³-hybridized carbons (Fsp3) is 0.214. The number of hydrogen-bond donors (Lipinski definition) is 2. The molecule has 0 atom stereocenters. The van der Waals surface area contributed by atoms with Gasteiger partial charge >= 0.3 is 0 Å². The molecule has 6 heteroatoms. The minimum absolute atomic E-state index is 0.172. The molecule has 0 unspecified atom stereocenters. The number of aliphatic hydroxyl groups excluding tert-OH is 1. The van der Waals surface area contributed by atoms with Crippen LogP contribution in [0.25, 0.3) is 0 Å². The molecule has 1 amide bonds. The van der Waals surface area contributed by atoms with Crippen LogP contribution < -0.4 is 5.32 Å². The van der Waals surface area contributed by atoms with Crippen LogP contribution in [0.15, 0.2) is 23.7 Å². The molecule has 0 aromatic carbocycles. The molecule has 0 bridgehead atoms. The zero-order valence-electron chi connectivity index (χ0n) is 10.9. The largest absolute Gasteiger partial charge is 0.384 e. The highest BCUT2D eigenvalue weighted by Gasteiger charge is 2.08. The van der Waals surface area contributed by atoms with Crippen LogP contribution in [-0.2, 0) is 6.54 Å². The summed E-state index contributed by atoms with van der Waals surface area (Å²) in [6.45, 7) is 1.97. The van der Waals surface area contributed by atoms with Gasteiger partial charge in [-0.05, 0) is 19.1 Å². The smallest absolute Gasteiger partial charge is 0.252 e.